The molecule has 0 saturated carbocycles. The van der Waals surface area contributed by atoms with Gasteiger partial charge in [-0.15, -0.1) is 0 Å². The number of anilines is 2. The first-order chi connectivity index (χ1) is 10.1. The summed E-state index contributed by atoms with van der Waals surface area (Å²) in [7, 11) is 0. The van der Waals surface area contributed by atoms with Gasteiger partial charge in [0.05, 0.1) is 18.2 Å². The number of hydrogen-bond donors (Lipinski definition) is 2. The van der Waals surface area contributed by atoms with Gasteiger partial charge in [-0.3, -0.25) is 4.79 Å². The highest BCUT2D eigenvalue weighted by atomic mass is 19.2. The lowest BCUT2D eigenvalue weighted by Gasteiger charge is -2.08. The number of rotatable bonds is 4. The van der Waals surface area contributed by atoms with Gasteiger partial charge in [-0.1, -0.05) is 0 Å². The molecular formula is C15H11F2N3O. The van der Waals surface area contributed by atoms with E-state index in [4.69, 9.17) is 5.26 Å². The molecule has 0 fully saturated rings. The molecule has 0 bridgehead atoms. The van der Waals surface area contributed by atoms with E-state index in [0.29, 0.717) is 11.3 Å². The number of benzene rings is 2. The lowest BCUT2D eigenvalue weighted by Crippen LogP contribution is -2.21. The zero-order chi connectivity index (χ0) is 15.2. The summed E-state index contributed by atoms with van der Waals surface area (Å²) < 4.78 is 25.7. The SMILES string of the molecule is N#Cc1ccc(NCC(=O)Nc2ccc(F)c(F)c2)cc1. The van der Waals surface area contributed by atoms with E-state index in [9.17, 15) is 13.6 Å². The minimum atomic E-state index is -1.02. The summed E-state index contributed by atoms with van der Waals surface area (Å²) in [4.78, 5) is 11.7. The molecule has 0 aliphatic rings. The number of nitrogens with one attached hydrogen (secondary N) is 2. The molecule has 4 nitrogen and oxygen atoms in total. The lowest BCUT2D eigenvalue weighted by molar-refractivity contribution is -0.114. The molecule has 0 atom stereocenters. The Hall–Kier alpha value is -2.94. The molecule has 1 amide bonds. The normalized spacial score (nSPS) is 9.76. The van der Waals surface area contributed by atoms with Gasteiger partial charge in [0.1, 0.15) is 0 Å². The Bertz CT molecular complexity index is 693. The van der Waals surface area contributed by atoms with Crippen molar-refractivity contribution in [3.05, 3.63) is 59.7 Å². The Labute approximate surface area is 120 Å². The minimum Gasteiger partial charge on any atom is -0.376 e. The Morgan fingerprint density at radius 2 is 1.71 bits per heavy atom. The van der Waals surface area contributed by atoms with Crippen LogP contribution in [0.2, 0.25) is 0 Å². The zero-order valence-electron chi connectivity index (χ0n) is 10.9. The molecule has 0 saturated heterocycles. The van der Waals surface area contributed by atoms with Crippen LogP contribution < -0.4 is 10.6 Å². The van der Waals surface area contributed by atoms with Crippen molar-refractivity contribution in [1.29, 1.82) is 5.26 Å². The van der Waals surface area contributed by atoms with Crippen molar-refractivity contribution >= 4 is 17.3 Å². The molecule has 6 heteroatoms. The fraction of sp³-hybridized carbons (Fsp3) is 0.0667. The number of hydrogen-bond acceptors (Lipinski definition) is 3. The second kappa shape index (κ2) is 6.48. The highest BCUT2D eigenvalue weighted by Crippen LogP contribution is 2.13. The van der Waals surface area contributed by atoms with Crippen LogP contribution >= 0.6 is 0 Å². The van der Waals surface area contributed by atoms with Crippen molar-refractivity contribution in [1.82, 2.24) is 0 Å². The molecule has 2 aromatic carbocycles. The van der Waals surface area contributed by atoms with Crippen LogP contribution in [0.1, 0.15) is 5.56 Å². The van der Waals surface area contributed by atoms with Crippen LogP contribution in [-0.2, 0) is 4.79 Å². The minimum absolute atomic E-state index is 0.0368. The number of nitriles is 1. The number of carbonyl (C=O) groups is 1. The monoisotopic (exact) mass is 287 g/mol. The van der Waals surface area contributed by atoms with Gasteiger partial charge in [0.15, 0.2) is 11.6 Å². The zero-order valence-corrected chi connectivity index (χ0v) is 10.9. The quantitative estimate of drug-likeness (QED) is 0.908. The standard InChI is InChI=1S/C15H11F2N3O/c16-13-6-5-12(7-14(13)17)20-15(21)9-19-11-3-1-10(8-18)2-4-11/h1-7,19H,9H2,(H,20,21). The van der Waals surface area contributed by atoms with Crippen molar-refractivity contribution < 1.29 is 13.6 Å². The summed E-state index contributed by atoms with van der Waals surface area (Å²) in [5.74, 6) is -2.39. The third kappa shape index (κ3) is 4.01. The fourth-order valence-electron chi connectivity index (χ4n) is 1.62. The number of nitrogens with zero attached hydrogens (tertiary/aromatic N) is 1. The third-order valence-electron chi connectivity index (χ3n) is 2.67. The second-order valence-electron chi connectivity index (χ2n) is 4.22. The largest absolute Gasteiger partial charge is 0.376 e. The van der Waals surface area contributed by atoms with Gasteiger partial charge in [0, 0.05) is 17.4 Å². The molecule has 0 aliphatic carbocycles. The van der Waals surface area contributed by atoms with E-state index >= 15 is 0 Å². The predicted molar refractivity (Wildman–Crippen MR) is 74.6 cm³/mol. The van der Waals surface area contributed by atoms with Crippen molar-refractivity contribution in [3.8, 4) is 6.07 Å². The number of halogens is 2. The Balaban J connectivity index is 1.89. The van der Waals surface area contributed by atoms with Crippen LogP contribution in [0.4, 0.5) is 20.2 Å². The molecule has 0 aliphatic heterocycles. The van der Waals surface area contributed by atoms with Gasteiger partial charge in [0.25, 0.3) is 0 Å². The molecule has 0 radical (unpaired) electrons. The highest BCUT2D eigenvalue weighted by molar-refractivity contribution is 5.93. The van der Waals surface area contributed by atoms with Gasteiger partial charge in [-0.25, -0.2) is 8.78 Å². The van der Waals surface area contributed by atoms with Crippen molar-refractivity contribution in [2.75, 3.05) is 17.2 Å². The predicted octanol–water partition coefficient (Wildman–Crippen LogP) is 2.89. The van der Waals surface area contributed by atoms with Crippen LogP contribution in [0, 0.1) is 23.0 Å². The summed E-state index contributed by atoms with van der Waals surface area (Å²) in [6.45, 7) is -0.0368. The molecular weight excluding hydrogens is 276 g/mol. The Kier molecular flexibility index (Phi) is 4.46. The summed E-state index contributed by atoms with van der Waals surface area (Å²) in [5, 5.41) is 14.0. The average molecular weight is 287 g/mol. The van der Waals surface area contributed by atoms with Crippen LogP contribution in [0.25, 0.3) is 0 Å². The Morgan fingerprint density at radius 3 is 2.33 bits per heavy atom. The molecule has 2 N–H and O–H groups in total. The molecule has 0 spiro atoms. The van der Waals surface area contributed by atoms with Crippen LogP contribution in [0.3, 0.4) is 0 Å². The number of carbonyl (C=O) groups excluding carboxylic acids is 1. The third-order valence-corrected chi connectivity index (χ3v) is 2.67. The van der Waals surface area contributed by atoms with E-state index in [1.54, 1.807) is 24.3 Å². The Morgan fingerprint density at radius 1 is 1.05 bits per heavy atom. The summed E-state index contributed by atoms with van der Waals surface area (Å²) in [5.41, 5.74) is 1.38. The van der Waals surface area contributed by atoms with E-state index in [1.165, 1.54) is 6.07 Å². The molecule has 21 heavy (non-hydrogen) atoms. The van der Waals surface area contributed by atoms with Crippen molar-refractivity contribution in [2.45, 2.75) is 0 Å². The highest BCUT2D eigenvalue weighted by Gasteiger charge is 2.06. The second-order valence-corrected chi connectivity index (χ2v) is 4.22. The van der Waals surface area contributed by atoms with Gasteiger partial charge in [-0.2, -0.15) is 5.26 Å². The summed E-state index contributed by atoms with van der Waals surface area (Å²) >= 11 is 0. The maximum Gasteiger partial charge on any atom is 0.243 e. The first-order valence-corrected chi connectivity index (χ1v) is 6.07. The van der Waals surface area contributed by atoms with E-state index in [0.717, 1.165) is 12.1 Å². The van der Waals surface area contributed by atoms with E-state index < -0.39 is 17.5 Å². The van der Waals surface area contributed by atoms with Gasteiger partial charge in [-0.05, 0) is 36.4 Å². The molecule has 2 rings (SSSR count). The average Bonchev–Trinajstić information content (AvgIpc) is 2.49. The molecule has 0 heterocycles. The first-order valence-electron chi connectivity index (χ1n) is 6.07. The fourth-order valence-corrected chi connectivity index (χ4v) is 1.62. The van der Waals surface area contributed by atoms with E-state index in [1.807, 2.05) is 6.07 Å². The summed E-state index contributed by atoms with van der Waals surface area (Å²) in [6.07, 6.45) is 0. The first kappa shape index (κ1) is 14.5. The van der Waals surface area contributed by atoms with Crippen molar-refractivity contribution in [3.63, 3.8) is 0 Å². The molecule has 0 aromatic heterocycles. The topological polar surface area (TPSA) is 64.9 Å². The van der Waals surface area contributed by atoms with Crippen LogP contribution in [-0.4, -0.2) is 12.5 Å². The van der Waals surface area contributed by atoms with Crippen molar-refractivity contribution in [2.24, 2.45) is 0 Å². The molecule has 2 aromatic rings. The lowest BCUT2D eigenvalue weighted by atomic mass is 10.2. The smallest absolute Gasteiger partial charge is 0.243 e. The molecule has 0 unspecified atom stereocenters. The van der Waals surface area contributed by atoms with Crippen LogP contribution in [0.5, 0.6) is 0 Å². The van der Waals surface area contributed by atoms with Gasteiger partial charge >= 0.3 is 0 Å². The summed E-state index contributed by atoms with van der Waals surface area (Å²) in [6, 6.07) is 11.7. The van der Waals surface area contributed by atoms with Gasteiger partial charge < -0.3 is 10.6 Å². The maximum atomic E-state index is 13.0. The van der Waals surface area contributed by atoms with Crippen LogP contribution in [0.15, 0.2) is 42.5 Å². The maximum absolute atomic E-state index is 13.0. The van der Waals surface area contributed by atoms with E-state index in [-0.39, 0.29) is 12.2 Å². The van der Waals surface area contributed by atoms with E-state index in [2.05, 4.69) is 10.6 Å². The number of amides is 1. The van der Waals surface area contributed by atoms with Gasteiger partial charge in [0.2, 0.25) is 5.91 Å². The molecule has 106 valence electrons.